The predicted molar refractivity (Wildman–Crippen MR) is 126 cm³/mol. The number of benzene rings is 2. The Hall–Kier alpha value is -2.86. The Morgan fingerprint density at radius 1 is 1.24 bits per heavy atom. The lowest BCUT2D eigenvalue weighted by atomic mass is 9.93. The first-order valence-corrected chi connectivity index (χ1v) is 12.1. The summed E-state index contributed by atoms with van der Waals surface area (Å²) in [5.41, 5.74) is 5.23. The van der Waals surface area contributed by atoms with Gasteiger partial charge in [-0.3, -0.25) is 9.69 Å². The fourth-order valence-electron chi connectivity index (χ4n) is 5.53. The third-order valence-electron chi connectivity index (χ3n) is 7.52. The van der Waals surface area contributed by atoms with E-state index in [4.69, 9.17) is 4.74 Å². The van der Waals surface area contributed by atoms with Crippen LogP contribution in [0.15, 0.2) is 36.5 Å². The zero-order chi connectivity index (χ0) is 22.5. The van der Waals surface area contributed by atoms with E-state index >= 15 is 0 Å². The van der Waals surface area contributed by atoms with Crippen LogP contribution in [0.4, 0.5) is 4.39 Å². The van der Waals surface area contributed by atoms with E-state index in [2.05, 4.69) is 9.88 Å². The van der Waals surface area contributed by atoms with E-state index in [-0.39, 0.29) is 17.8 Å². The Balaban J connectivity index is 1.18. The maximum atomic E-state index is 13.7. The highest BCUT2D eigenvalue weighted by Crippen LogP contribution is 2.37. The molecule has 0 radical (unpaired) electrons. The van der Waals surface area contributed by atoms with Crippen LogP contribution in [0, 0.1) is 11.7 Å². The second-order valence-corrected chi connectivity index (χ2v) is 9.95. The quantitative estimate of drug-likeness (QED) is 0.579. The first-order chi connectivity index (χ1) is 16.1. The maximum Gasteiger partial charge on any atom is 0.254 e. The Morgan fingerprint density at radius 2 is 2.12 bits per heavy atom. The largest absolute Gasteiger partial charge is 0.492 e. The van der Waals surface area contributed by atoms with Crippen LogP contribution in [0.3, 0.4) is 0 Å². The van der Waals surface area contributed by atoms with Crippen molar-refractivity contribution in [2.24, 2.45) is 5.92 Å². The number of aromatic nitrogens is 1. The molecule has 3 aromatic rings. The smallest absolute Gasteiger partial charge is 0.254 e. The van der Waals surface area contributed by atoms with Crippen molar-refractivity contribution < 1.29 is 13.9 Å². The lowest BCUT2D eigenvalue weighted by Crippen LogP contribution is -2.45. The third kappa shape index (κ3) is 3.90. The number of amides is 1. The fraction of sp³-hybridized carbons (Fsp3) is 0.444. The van der Waals surface area contributed by atoms with Crippen molar-refractivity contribution in [3.05, 3.63) is 64.6 Å². The Kier molecular flexibility index (Phi) is 5.13. The SMILES string of the molecule is CN1Cc2ccc3c(c2C1=O)CC(N(CCCc1c[nH]c2ccc(F)cc12)CC1CC1)CO3. The van der Waals surface area contributed by atoms with Crippen LogP contribution in [-0.4, -0.2) is 53.5 Å². The fourth-order valence-corrected chi connectivity index (χ4v) is 5.53. The second-order valence-electron chi connectivity index (χ2n) is 9.95. The minimum absolute atomic E-state index is 0.117. The van der Waals surface area contributed by atoms with E-state index < -0.39 is 0 Å². The van der Waals surface area contributed by atoms with E-state index in [0.29, 0.717) is 13.2 Å². The Morgan fingerprint density at radius 3 is 2.97 bits per heavy atom. The molecular formula is C27H30FN3O2. The number of aryl methyl sites for hydroxylation is 1. The van der Waals surface area contributed by atoms with Crippen molar-refractivity contribution in [2.75, 3.05) is 26.7 Å². The van der Waals surface area contributed by atoms with Crippen molar-refractivity contribution in [1.82, 2.24) is 14.8 Å². The van der Waals surface area contributed by atoms with Crippen molar-refractivity contribution in [1.29, 1.82) is 0 Å². The van der Waals surface area contributed by atoms with Gasteiger partial charge in [0.2, 0.25) is 0 Å². The zero-order valence-corrected chi connectivity index (χ0v) is 19.1. The molecule has 172 valence electrons. The van der Waals surface area contributed by atoms with E-state index in [1.165, 1.54) is 24.5 Å². The molecule has 0 saturated heterocycles. The summed E-state index contributed by atoms with van der Waals surface area (Å²) in [6.07, 6.45) is 7.41. The molecule has 1 aliphatic carbocycles. The van der Waals surface area contributed by atoms with Gasteiger partial charge in [-0.05, 0) is 80.0 Å². The number of carbonyl (C=O) groups excluding carboxylic acids is 1. The number of rotatable bonds is 7. The van der Waals surface area contributed by atoms with Crippen molar-refractivity contribution in [3.8, 4) is 5.75 Å². The number of H-pyrrole nitrogens is 1. The Bertz CT molecular complexity index is 1220. The van der Waals surface area contributed by atoms with Crippen LogP contribution in [0.5, 0.6) is 5.75 Å². The summed E-state index contributed by atoms with van der Waals surface area (Å²) in [7, 11) is 1.87. The highest BCUT2D eigenvalue weighted by atomic mass is 19.1. The molecule has 6 heteroatoms. The summed E-state index contributed by atoms with van der Waals surface area (Å²) in [5, 5.41) is 0.983. The number of halogens is 1. The molecule has 0 bridgehead atoms. The number of hydrogen-bond donors (Lipinski definition) is 1. The molecule has 1 fully saturated rings. The molecule has 1 atom stereocenters. The van der Waals surface area contributed by atoms with Gasteiger partial charge in [0.1, 0.15) is 18.2 Å². The van der Waals surface area contributed by atoms with Gasteiger partial charge >= 0.3 is 0 Å². The summed E-state index contributed by atoms with van der Waals surface area (Å²) in [5.74, 6) is 1.58. The van der Waals surface area contributed by atoms with Crippen LogP contribution in [0.25, 0.3) is 10.9 Å². The summed E-state index contributed by atoms with van der Waals surface area (Å²) in [6.45, 7) is 3.42. The van der Waals surface area contributed by atoms with Gasteiger partial charge in [0, 0.05) is 48.8 Å². The molecule has 5 nitrogen and oxygen atoms in total. The molecule has 0 spiro atoms. The molecule has 1 N–H and O–H groups in total. The van der Waals surface area contributed by atoms with Gasteiger partial charge in [-0.25, -0.2) is 4.39 Å². The molecule has 1 amide bonds. The topological polar surface area (TPSA) is 48.6 Å². The van der Waals surface area contributed by atoms with Crippen molar-refractivity contribution in [2.45, 2.75) is 44.7 Å². The first-order valence-electron chi connectivity index (χ1n) is 12.1. The van der Waals surface area contributed by atoms with E-state index in [1.807, 2.05) is 31.4 Å². The average molecular weight is 448 g/mol. The second kappa shape index (κ2) is 8.17. The first kappa shape index (κ1) is 20.7. The van der Waals surface area contributed by atoms with Crippen LogP contribution < -0.4 is 4.74 Å². The van der Waals surface area contributed by atoms with Gasteiger partial charge in [0.15, 0.2) is 0 Å². The summed E-state index contributed by atoms with van der Waals surface area (Å²) < 4.78 is 19.9. The lowest BCUT2D eigenvalue weighted by Gasteiger charge is -2.36. The average Bonchev–Trinajstić information content (AvgIpc) is 3.48. The maximum absolute atomic E-state index is 13.7. The number of ether oxygens (including phenoxy) is 1. The van der Waals surface area contributed by atoms with Crippen molar-refractivity contribution in [3.63, 3.8) is 0 Å². The van der Waals surface area contributed by atoms with Crippen LogP contribution in [0.1, 0.15) is 46.3 Å². The van der Waals surface area contributed by atoms with Gasteiger partial charge < -0.3 is 14.6 Å². The summed E-state index contributed by atoms with van der Waals surface area (Å²) in [6, 6.07) is 9.30. The standard InChI is InChI=1S/C27H30FN3O2/c1-30-15-19-6-9-25-23(26(19)27(30)32)12-21(16-33-25)31(14-17-4-5-17)10-2-3-18-13-29-24-8-7-20(28)11-22(18)24/h6-9,11,13,17,21,29H,2-5,10,12,14-16H2,1H3. The van der Waals surface area contributed by atoms with E-state index in [9.17, 15) is 9.18 Å². The lowest BCUT2D eigenvalue weighted by molar-refractivity contribution is 0.0810. The minimum atomic E-state index is -0.190. The highest BCUT2D eigenvalue weighted by Gasteiger charge is 2.35. The number of aromatic amines is 1. The van der Waals surface area contributed by atoms with Crippen LogP contribution in [0.2, 0.25) is 0 Å². The van der Waals surface area contributed by atoms with Gasteiger partial charge in [-0.1, -0.05) is 6.07 Å². The monoisotopic (exact) mass is 447 g/mol. The molecule has 2 aromatic carbocycles. The highest BCUT2D eigenvalue weighted by molar-refractivity contribution is 6.00. The summed E-state index contributed by atoms with van der Waals surface area (Å²) >= 11 is 0. The molecule has 33 heavy (non-hydrogen) atoms. The van der Waals surface area contributed by atoms with Gasteiger partial charge in [0.25, 0.3) is 5.91 Å². The van der Waals surface area contributed by atoms with Crippen molar-refractivity contribution >= 4 is 16.8 Å². The molecule has 6 rings (SSSR count). The minimum Gasteiger partial charge on any atom is -0.492 e. The number of nitrogens with zero attached hydrogens (tertiary/aromatic N) is 2. The number of hydrogen-bond acceptors (Lipinski definition) is 3. The third-order valence-corrected chi connectivity index (χ3v) is 7.52. The predicted octanol–water partition coefficient (Wildman–Crippen LogP) is 4.54. The molecular weight excluding hydrogens is 417 g/mol. The number of fused-ring (bicyclic) bond motifs is 4. The van der Waals surface area contributed by atoms with E-state index in [1.54, 1.807) is 11.0 Å². The zero-order valence-electron chi connectivity index (χ0n) is 19.1. The molecule has 2 aliphatic heterocycles. The van der Waals surface area contributed by atoms with Crippen LogP contribution >= 0.6 is 0 Å². The number of carbonyl (C=O) groups is 1. The number of nitrogens with one attached hydrogen (secondary N) is 1. The molecule has 3 aliphatic rings. The molecule has 1 unspecified atom stereocenters. The van der Waals surface area contributed by atoms with Gasteiger partial charge in [-0.15, -0.1) is 0 Å². The molecule has 1 saturated carbocycles. The Labute approximate surface area is 193 Å². The van der Waals surface area contributed by atoms with Gasteiger partial charge in [0.05, 0.1) is 5.56 Å². The normalized spacial score (nSPS) is 19.8. The molecule has 3 heterocycles. The van der Waals surface area contributed by atoms with Crippen LogP contribution in [-0.2, 0) is 19.4 Å². The molecule has 1 aromatic heterocycles. The van der Waals surface area contributed by atoms with Gasteiger partial charge in [-0.2, -0.15) is 0 Å². The summed E-state index contributed by atoms with van der Waals surface area (Å²) in [4.78, 5) is 20.4. The van der Waals surface area contributed by atoms with E-state index in [0.717, 1.165) is 71.6 Å².